The molecule has 0 radical (unpaired) electrons. The van der Waals surface area contributed by atoms with E-state index in [1.54, 1.807) is 0 Å². The van der Waals surface area contributed by atoms with Gasteiger partial charge in [0.05, 0.1) is 0 Å². The van der Waals surface area contributed by atoms with E-state index in [1.807, 2.05) is 13.1 Å². The summed E-state index contributed by atoms with van der Waals surface area (Å²) in [5, 5.41) is 4.18. The molecule has 0 amide bonds. The number of likely N-dealkylation sites (tertiary alicyclic amines) is 1. The molecule has 2 saturated carbocycles. The summed E-state index contributed by atoms with van der Waals surface area (Å²) in [4.78, 5) is 2.81. The summed E-state index contributed by atoms with van der Waals surface area (Å²) in [5.74, 6) is 0. The first kappa shape index (κ1) is 12.5. The predicted molar refractivity (Wildman–Crippen MR) is 75.8 cm³/mol. The maximum absolute atomic E-state index is 4.18. The van der Waals surface area contributed by atoms with Gasteiger partial charge in [-0.2, -0.15) is 5.10 Å². The highest BCUT2D eigenvalue weighted by Crippen LogP contribution is 2.55. The van der Waals surface area contributed by atoms with Gasteiger partial charge in [0.25, 0.3) is 0 Å². The van der Waals surface area contributed by atoms with E-state index in [2.05, 4.69) is 15.4 Å². The minimum absolute atomic E-state index is 0.608. The lowest BCUT2D eigenvalue weighted by atomic mass is 9.64. The van der Waals surface area contributed by atoms with Crippen LogP contribution >= 0.6 is 0 Å². The van der Waals surface area contributed by atoms with Crippen LogP contribution in [0.25, 0.3) is 0 Å². The quantitative estimate of drug-likeness (QED) is 0.615. The lowest BCUT2D eigenvalue weighted by Crippen LogP contribution is -2.52. The first-order chi connectivity index (χ1) is 8.84. The fourth-order valence-corrected chi connectivity index (χ4v) is 4.42. The maximum Gasteiger partial charge on any atom is 0.0464 e. The van der Waals surface area contributed by atoms with Crippen LogP contribution in [0.3, 0.4) is 0 Å². The highest BCUT2D eigenvalue weighted by atomic mass is 15.3. The van der Waals surface area contributed by atoms with Crippen molar-refractivity contribution in [2.45, 2.75) is 70.4 Å². The van der Waals surface area contributed by atoms with Gasteiger partial charge in [-0.1, -0.05) is 12.8 Å². The molecule has 3 nitrogen and oxygen atoms in total. The Labute approximate surface area is 111 Å². The van der Waals surface area contributed by atoms with Crippen LogP contribution in [0.15, 0.2) is 5.10 Å². The van der Waals surface area contributed by atoms with Gasteiger partial charge in [0, 0.05) is 31.4 Å². The Kier molecular flexibility index (Phi) is 3.60. The minimum Gasteiger partial charge on any atom is -0.307 e. The van der Waals surface area contributed by atoms with Crippen molar-refractivity contribution in [3.63, 3.8) is 0 Å². The van der Waals surface area contributed by atoms with Gasteiger partial charge in [-0.25, -0.2) is 0 Å². The Bertz CT molecular complexity index is 301. The molecule has 1 unspecified atom stereocenters. The summed E-state index contributed by atoms with van der Waals surface area (Å²) >= 11 is 0. The lowest BCUT2D eigenvalue weighted by Gasteiger charge is -2.49. The second-order valence-corrected chi connectivity index (χ2v) is 6.45. The maximum atomic E-state index is 4.18. The van der Waals surface area contributed by atoms with E-state index in [4.69, 9.17) is 0 Å². The van der Waals surface area contributed by atoms with Gasteiger partial charge < -0.3 is 5.43 Å². The van der Waals surface area contributed by atoms with Crippen LogP contribution in [-0.4, -0.2) is 36.3 Å². The monoisotopic (exact) mass is 249 g/mol. The molecule has 0 aromatic carbocycles. The Morgan fingerprint density at radius 2 is 1.83 bits per heavy atom. The second-order valence-electron chi connectivity index (χ2n) is 6.45. The molecule has 1 saturated heterocycles. The highest BCUT2D eigenvalue weighted by molar-refractivity contribution is 5.52. The number of rotatable bonds is 3. The van der Waals surface area contributed by atoms with Crippen LogP contribution in [0.5, 0.6) is 0 Å². The van der Waals surface area contributed by atoms with E-state index in [1.165, 1.54) is 64.5 Å². The van der Waals surface area contributed by atoms with Crippen LogP contribution in [0, 0.1) is 5.41 Å². The van der Waals surface area contributed by atoms with E-state index < -0.39 is 0 Å². The van der Waals surface area contributed by atoms with E-state index in [0.717, 1.165) is 11.5 Å². The number of nitrogens with one attached hydrogen (secondary N) is 1. The SMILES string of the molecule is C/C=N\NC1CCN(C2CCCC23CCC3)CC1. The Hall–Kier alpha value is -0.570. The molecule has 0 bridgehead atoms. The second kappa shape index (κ2) is 5.20. The largest absolute Gasteiger partial charge is 0.307 e. The zero-order chi connectivity index (χ0) is 12.4. The van der Waals surface area contributed by atoms with Crippen LogP contribution in [0.1, 0.15) is 58.3 Å². The molecular formula is C15H27N3. The Morgan fingerprint density at radius 3 is 2.44 bits per heavy atom. The topological polar surface area (TPSA) is 27.6 Å². The number of nitrogens with zero attached hydrogens (tertiary/aromatic N) is 2. The first-order valence-corrected chi connectivity index (χ1v) is 7.81. The third kappa shape index (κ3) is 2.18. The summed E-state index contributed by atoms with van der Waals surface area (Å²) in [6.07, 6.45) is 13.3. The van der Waals surface area contributed by atoms with E-state index in [9.17, 15) is 0 Å². The molecule has 1 atom stereocenters. The zero-order valence-electron chi connectivity index (χ0n) is 11.7. The molecule has 3 heteroatoms. The summed E-state index contributed by atoms with van der Waals surface area (Å²) in [6, 6.07) is 1.53. The molecule has 18 heavy (non-hydrogen) atoms. The standard InChI is InChI=1S/C15H27N3/c1-2-16-17-13-6-11-18(12-7-13)14-5-3-8-15(14)9-4-10-15/h2,13-14,17H,3-12H2,1H3/b16-2-. The van der Waals surface area contributed by atoms with Gasteiger partial charge in [0.15, 0.2) is 0 Å². The van der Waals surface area contributed by atoms with Gasteiger partial charge in [-0.15, -0.1) is 0 Å². The fraction of sp³-hybridized carbons (Fsp3) is 0.933. The van der Waals surface area contributed by atoms with Gasteiger partial charge >= 0.3 is 0 Å². The molecule has 0 aromatic rings. The number of hydrogen-bond acceptors (Lipinski definition) is 3. The number of hydrogen-bond donors (Lipinski definition) is 1. The van der Waals surface area contributed by atoms with E-state index in [-0.39, 0.29) is 0 Å². The van der Waals surface area contributed by atoms with Crippen molar-refractivity contribution in [3.8, 4) is 0 Å². The van der Waals surface area contributed by atoms with Crippen molar-refractivity contribution in [1.82, 2.24) is 10.3 Å². The molecule has 1 heterocycles. The molecule has 3 fully saturated rings. The Morgan fingerprint density at radius 1 is 1.11 bits per heavy atom. The van der Waals surface area contributed by atoms with Crippen molar-refractivity contribution in [2.24, 2.45) is 10.5 Å². The molecule has 3 aliphatic rings. The van der Waals surface area contributed by atoms with Crippen LogP contribution in [-0.2, 0) is 0 Å². The third-order valence-electron chi connectivity index (χ3n) is 5.56. The smallest absolute Gasteiger partial charge is 0.0464 e. The van der Waals surface area contributed by atoms with Gasteiger partial charge in [-0.05, 0) is 50.9 Å². The average Bonchev–Trinajstić information content (AvgIpc) is 2.81. The van der Waals surface area contributed by atoms with Crippen molar-refractivity contribution in [1.29, 1.82) is 0 Å². The summed E-state index contributed by atoms with van der Waals surface area (Å²) < 4.78 is 0. The molecule has 102 valence electrons. The zero-order valence-corrected chi connectivity index (χ0v) is 11.7. The normalized spacial score (nSPS) is 33.1. The third-order valence-corrected chi connectivity index (χ3v) is 5.56. The predicted octanol–water partition coefficient (Wildman–Crippen LogP) is 2.77. The fourth-order valence-electron chi connectivity index (χ4n) is 4.42. The molecule has 1 spiro atoms. The molecular weight excluding hydrogens is 222 g/mol. The minimum atomic E-state index is 0.608. The van der Waals surface area contributed by atoms with Gasteiger partial charge in [0.1, 0.15) is 0 Å². The van der Waals surface area contributed by atoms with E-state index in [0.29, 0.717) is 6.04 Å². The lowest BCUT2D eigenvalue weighted by molar-refractivity contribution is 0.00900. The summed E-state index contributed by atoms with van der Waals surface area (Å²) in [6.45, 7) is 4.54. The van der Waals surface area contributed by atoms with Crippen LogP contribution < -0.4 is 5.43 Å². The van der Waals surface area contributed by atoms with Gasteiger partial charge in [-0.3, -0.25) is 4.90 Å². The van der Waals surface area contributed by atoms with E-state index >= 15 is 0 Å². The van der Waals surface area contributed by atoms with Crippen molar-refractivity contribution < 1.29 is 0 Å². The highest BCUT2D eigenvalue weighted by Gasteiger charge is 2.49. The van der Waals surface area contributed by atoms with Crippen molar-refractivity contribution >= 4 is 6.21 Å². The van der Waals surface area contributed by atoms with Crippen molar-refractivity contribution in [2.75, 3.05) is 13.1 Å². The summed E-state index contributed by atoms with van der Waals surface area (Å²) in [5.41, 5.74) is 4.03. The van der Waals surface area contributed by atoms with Crippen molar-refractivity contribution in [3.05, 3.63) is 0 Å². The molecule has 0 aromatic heterocycles. The molecule has 2 aliphatic carbocycles. The number of piperidine rings is 1. The van der Waals surface area contributed by atoms with Crippen LogP contribution in [0.2, 0.25) is 0 Å². The summed E-state index contributed by atoms with van der Waals surface area (Å²) in [7, 11) is 0. The number of hydrazone groups is 1. The van der Waals surface area contributed by atoms with Gasteiger partial charge in [0.2, 0.25) is 0 Å². The average molecular weight is 249 g/mol. The molecule has 3 rings (SSSR count). The Balaban J connectivity index is 1.53. The molecule has 1 aliphatic heterocycles. The van der Waals surface area contributed by atoms with Crippen LogP contribution in [0.4, 0.5) is 0 Å². The molecule has 1 N–H and O–H groups in total. The first-order valence-electron chi connectivity index (χ1n) is 7.81.